The number of carboxylic acid groups (broad SMARTS) is 1. The number of aryl methyl sites for hydroxylation is 1. The molecule has 30 heavy (non-hydrogen) atoms. The highest BCUT2D eigenvalue weighted by atomic mass is 35.5. The number of aromatic carboxylic acids is 1. The highest BCUT2D eigenvalue weighted by molar-refractivity contribution is 7.71. The van der Waals surface area contributed by atoms with E-state index in [1.165, 1.54) is 16.8 Å². The minimum Gasteiger partial charge on any atom is -0.478 e. The lowest BCUT2D eigenvalue weighted by Gasteiger charge is -2.27. The zero-order chi connectivity index (χ0) is 20.2. The molecule has 0 unspecified atom stereocenters. The molecule has 1 aromatic heterocycles. The van der Waals surface area contributed by atoms with Crippen molar-refractivity contribution in [1.82, 2.24) is 14.9 Å². The Kier molecular flexibility index (Phi) is 7.48. The van der Waals surface area contributed by atoms with Crippen LogP contribution in [0.3, 0.4) is 0 Å². The first-order valence-electron chi connectivity index (χ1n) is 10.0. The van der Waals surface area contributed by atoms with E-state index in [0.29, 0.717) is 11.6 Å². The summed E-state index contributed by atoms with van der Waals surface area (Å²) in [4.78, 5) is 14.2. The maximum Gasteiger partial charge on any atom is 0.335 e. The smallest absolute Gasteiger partial charge is 0.335 e. The summed E-state index contributed by atoms with van der Waals surface area (Å²) in [6.07, 6.45) is 6.07. The molecule has 3 N–H and O–H groups in total. The molecule has 0 amide bonds. The van der Waals surface area contributed by atoms with E-state index in [2.05, 4.69) is 39.1 Å². The Morgan fingerprint density at radius 1 is 1.17 bits per heavy atom. The van der Waals surface area contributed by atoms with Crippen molar-refractivity contribution in [3.63, 3.8) is 0 Å². The van der Waals surface area contributed by atoms with Crippen LogP contribution in [0.5, 0.6) is 0 Å². The third-order valence-electron chi connectivity index (χ3n) is 5.67. The van der Waals surface area contributed by atoms with E-state index >= 15 is 0 Å². The quantitative estimate of drug-likeness (QED) is 0.364. The molecule has 1 atom stereocenters. The Balaban J connectivity index is 0.00000256. The minimum absolute atomic E-state index is 0. The van der Waals surface area contributed by atoms with Crippen LogP contribution in [0.1, 0.15) is 45.2 Å². The molecule has 2 aromatic carbocycles. The fourth-order valence-corrected chi connectivity index (χ4v) is 4.44. The maximum absolute atomic E-state index is 10.9. The van der Waals surface area contributed by atoms with Crippen molar-refractivity contribution in [3.05, 3.63) is 87.4 Å². The van der Waals surface area contributed by atoms with Gasteiger partial charge in [0.05, 0.1) is 11.3 Å². The van der Waals surface area contributed by atoms with Crippen LogP contribution in [-0.2, 0) is 25.8 Å². The van der Waals surface area contributed by atoms with Crippen LogP contribution in [0, 0.1) is 4.77 Å². The molecule has 0 saturated carbocycles. The molecule has 0 saturated heterocycles. The summed E-state index contributed by atoms with van der Waals surface area (Å²) < 4.78 is 3.07. The zero-order valence-electron chi connectivity index (χ0n) is 16.6. The lowest BCUT2D eigenvalue weighted by atomic mass is 9.88. The normalized spacial score (nSPS) is 15.3. The number of nitrogens with one attached hydrogen (secondary N) is 2. The number of rotatable bonds is 7. The second-order valence-electron chi connectivity index (χ2n) is 7.55. The van der Waals surface area contributed by atoms with E-state index < -0.39 is 5.97 Å². The molecule has 1 aliphatic carbocycles. The standard InChI is InChI=1S/C23H25N3O2S.ClH/c27-22(28)18-7-5-16(6-8-18)11-12-24-14-21-15-25-23(29)26(21)20-10-9-17-3-1-2-4-19(17)13-20;/h1-8,15,20,24H,9-14H2,(H,25,29)(H,27,28);1H/t20-;/m0./s1. The predicted octanol–water partition coefficient (Wildman–Crippen LogP) is 4.73. The minimum atomic E-state index is -0.892. The number of aromatic nitrogens is 2. The number of hydrogen-bond donors (Lipinski definition) is 3. The predicted molar refractivity (Wildman–Crippen MR) is 123 cm³/mol. The monoisotopic (exact) mass is 443 g/mol. The van der Waals surface area contributed by atoms with Gasteiger partial charge in [-0.1, -0.05) is 36.4 Å². The Hall–Kier alpha value is -2.41. The number of benzene rings is 2. The largest absolute Gasteiger partial charge is 0.478 e. The number of imidazole rings is 1. The van der Waals surface area contributed by atoms with Gasteiger partial charge < -0.3 is 20.0 Å². The van der Waals surface area contributed by atoms with Crippen molar-refractivity contribution in [2.45, 2.75) is 38.3 Å². The molecule has 5 nitrogen and oxygen atoms in total. The van der Waals surface area contributed by atoms with Crippen molar-refractivity contribution in [2.24, 2.45) is 0 Å². The third kappa shape index (κ3) is 5.01. The number of nitrogens with zero attached hydrogens (tertiary/aromatic N) is 1. The SMILES string of the molecule is Cl.O=C(O)c1ccc(CCNCc2c[nH]c(=S)n2[C@H]2CCc3ccccc3C2)cc1. The fraction of sp³-hybridized carbons (Fsp3) is 0.304. The van der Waals surface area contributed by atoms with E-state index in [-0.39, 0.29) is 12.4 Å². The van der Waals surface area contributed by atoms with Crippen LogP contribution < -0.4 is 5.32 Å². The van der Waals surface area contributed by atoms with Crippen LogP contribution in [0.2, 0.25) is 0 Å². The molecule has 3 aromatic rings. The van der Waals surface area contributed by atoms with Crippen LogP contribution >= 0.6 is 24.6 Å². The summed E-state index contributed by atoms with van der Waals surface area (Å²) in [7, 11) is 0. The molecular weight excluding hydrogens is 418 g/mol. The number of carboxylic acids is 1. The summed E-state index contributed by atoms with van der Waals surface area (Å²) >= 11 is 5.57. The second-order valence-corrected chi connectivity index (χ2v) is 7.94. The molecule has 0 spiro atoms. The first kappa shape index (κ1) is 22.3. The van der Waals surface area contributed by atoms with Crippen LogP contribution in [0.25, 0.3) is 0 Å². The van der Waals surface area contributed by atoms with Gasteiger partial charge in [-0.3, -0.25) is 0 Å². The van der Waals surface area contributed by atoms with E-state index in [0.717, 1.165) is 49.1 Å². The number of halogens is 1. The van der Waals surface area contributed by atoms with Crippen LogP contribution in [0.4, 0.5) is 0 Å². The van der Waals surface area contributed by atoms with Crippen LogP contribution in [0.15, 0.2) is 54.7 Å². The van der Waals surface area contributed by atoms with Crippen molar-refractivity contribution in [3.8, 4) is 0 Å². The van der Waals surface area contributed by atoms with Gasteiger partial charge in [-0.15, -0.1) is 12.4 Å². The molecule has 0 bridgehead atoms. The Morgan fingerprint density at radius 2 is 1.90 bits per heavy atom. The van der Waals surface area contributed by atoms with Gasteiger partial charge in [0, 0.05) is 18.8 Å². The summed E-state index contributed by atoms with van der Waals surface area (Å²) in [6.45, 7) is 1.57. The highest BCUT2D eigenvalue weighted by Gasteiger charge is 2.22. The van der Waals surface area contributed by atoms with Crippen molar-refractivity contribution in [1.29, 1.82) is 0 Å². The topological polar surface area (TPSA) is 70.1 Å². The van der Waals surface area contributed by atoms with Gasteiger partial charge in [-0.25, -0.2) is 4.79 Å². The van der Waals surface area contributed by atoms with Gasteiger partial charge in [-0.2, -0.15) is 0 Å². The van der Waals surface area contributed by atoms with Crippen molar-refractivity contribution < 1.29 is 9.90 Å². The van der Waals surface area contributed by atoms with E-state index in [9.17, 15) is 4.79 Å². The molecule has 1 aliphatic rings. The van der Waals surface area contributed by atoms with Crippen molar-refractivity contribution >= 4 is 30.6 Å². The number of hydrogen-bond acceptors (Lipinski definition) is 3. The van der Waals surface area contributed by atoms with Gasteiger partial charge in [0.25, 0.3) is 0 Å². The Morgan fingerprint density at radius 3 is 2.63 bits per heavy atom. The molecule has 0 aliphatic heterocycles. The van der Waals surface area contributed by atoms with E-state index in [1.54, 1.807) is 12.1 Å². The van der Waals surface area contributed by atoms with Crippen LogP contribution in [-0.4, -0.2) is 27.2 Å². The number of carbonyl (C=O) groups is 1. The third-order valence-corrected chi connectivity index (χ3v) is 5.99. The lowest BCUT2D eigenvalue weighted by Crippen LogP contribution is -2.24. The Bertz CT molecular complexity index is 1060. The van der Waals surface area contributed by atoms with Gasteiger partial charge in [0.15, 0.2) is 4.77 Å². The average molecular weight is 444 g/mol. The summed E-state index contributed by atoms with van der Waals surface area (Å²) in [5.41, 5.74) is 5.51. The lowest BCUT2D eigenvalue weighted by molar-refractivity contribution is 0.0697. The van der Waals surface area contributed by atoms with Gasteiger partial charge in [0.1, 0.15) is 0 Å². The molecule has 158 valence electrons. The Labute approximate surface area is 187 Å². The molecule has 4 rings (SSSR count). The van der Waals surface area contributed by atoms with E-state index in [1.807, 2.05) is 18.3 Å². The fourth-order valence-electron chi connectivity index (χ4n) is 4.11. The molecule has 0 radical (unpaired) electrons. The van der Waals surface area contributed by atoms with Crippen molar-refractivity contribution in [2.75, 3.05) is 6.54 Å². The van der Waals surface area contributed by atoms with Gasteiger partial charge in [-0.05, 0) is 73.3 Å². The van der Waals surface area contributed by atoms with E-state index in [4.69, 9.17) is 17.3 Å². The summed E-state index contributed by atoms with van der Waals surface area (Å²) in [5.74, 6) is -0.892. The molecule has 0 fully saturated rings. The highest BCUT2D eigenvalue weighted by Crippen LogP contribution is 2.30. The summed E-state index contributed by atoms with van der Waals surface area (Å²) in [6, 6.07) is 16.1. The van der Waals surface area contributed by atoms with Gasteiger partial charge >= 0.3 is 5.97 Å². The molecule has 1 heterocycles. The zero-order valence-corrected chi connectivity index (χ0v) is 18.3. The number of H-pyrrole nitrogens is 1. The number of aromatic amines is 1. The molecular formula is C23H26ClN3O2S. The molecule has 7 heteroatoms. The maximum atomic E-state index is 10.9. The first-order chi connectivity index (χ1) is 14.1. The summed E-state index contributed by atoms with van der Waals surface area (Å²) in [5, 5.41) is 12.5. The second kappa shape index (κ2) is 10.1. The number of fused-ring (bicyclic) bond motifs is 1. The first-order valence-corrected chi connectivity index (χ1v) is 10.4. The van der Waals surface area contributed by atoms with Gasteiger partial charge in [0.2, 0.25) is 0 Å². The average Bonchev–Trinajstić information content (AvgIpc) is 3.11.